The Morgan fingerprint density at radius 3 is 1.95 bits per heavy atom. The van der Waals surface area contributed by atoms with Gasteiger partial charge in [0.15, 0.2) is 11.6 Å². The fourth-order valence-corrected chi connectivity index (χ4v) is 7.52. The van der Waals surface area contributed by atoms with Crippen molar-refractivity contribution in [2.24, 2.45) is 5.41 Å². The highest BCUT2D eigenvalue weighted by Crippen LogP contribution is 2.53. The number of fused-ring (bicyclic) bond motifs is 1. The van der Waals surface area contributed by atoms with Crippen LogP contribution in [-0.4, -0.2) is 58.5 Å². The van der Waals surface area contributed by atoms with Crippen LogP contribution < -0.4 is 4.74 Å². The number of amides is 2. The van der Waals surface area contributed by atoms with Gasteiger partial charge in [-0.15, -0.1) is 0 Å². The van der Waals surface area contributed by atoms with E-state index in [1.807, 2.05) is 0 Å². The third-order valence-electron chi connectivity index (χ3n) is 10.3. The molecule has 1 N–H and O–H groups in total. The quantitative estimate of drug-likeness (QED) is 0.410. The molecule has 1 unspecified atom stereocenters. The maximum Gasteiger partial charge on any atom is 0.257 e. The van der Waals surface area contributed by atoms with E-state index in [1.54, 1.807) is 6.07 Å². The minimum atomic E-state index is -1.28. The summed E-state index contributed by atoms with van der Waals surface area (Å²) in [6, 6.07) is 7.24. The summed E-state index contributed by atoms with van der Waals surface area (Å²) in [6.45, 7) is 0.804. The van der Waals surface area contributed by atoms with Crippen molar-refractivity contribution in [2.45, 2.75) is 102 Å². The largest absolute Gasteiger partial charge is 0.485 e. The van der Waals surface area contributed by atoms with Gasteiger partial charge < -0.3 is 19.6 Å². The molecule has 44 heavy (non-hydrogen) atoms. The zero-order chi connectivity index (χ0) is 30.9. The molecule has 9 heteroatoms. The maximum absolute atomic E-state index is 16.1. The Hall–Kier alpha value is -3.07. The molecule has 4 aliphatic rings. The third-order valence-corrected chi connectivity index (χ3v) is 10.3. The van der Waals surface area contributed by atoms with E-state index in [0.29, 0.717) is 25.0 Å². The van der Waals surface area contributed by atoms with Gasteiger partial charge in [-0.25, -0.2) is 13.2 Å². The van der Waals surface area contributed by atoms with Crippen molar-refractivity contribution >= 4 is 11.8 Å². The van der Waals surface area contributed by atoms with Gasteiger partial charge in [0, 0.05) is 37.2 Å². The summed E-state index contributed by atoms with van der Waals surface area (Å²) >= 11 is 0. The van der Waals surface area contributed by atoms with Crippen LogP contribution in [0.4, 0.5) is 13.2 Å². The van der Waals surface area contributed by atoms with E-state index in [2.05, 4.69) is 0 Å². The first-order chi connectivity index (χ1) is 21.2. The maximum atomic E-state index is 16.1. The highest BCUT2D eigenvalue weighted by Gasteiger charge is 2.51. The standard InChI is InChI=1S/C35H43F3N2O4/c36-25-10-13-28-24(22-25)23-34(14-8-6-4-2-1-3-5-7-9-15-34)31(44-28)26-11-12-27(30(38)29(26)37)32(41)39-18-20-40(21-19-39)33(42)35(43)16-17-35/h10-13,22,31,43H,1-9,14-21,23H2. The van der Waals surface area contributed by atoms with Crippen LogP contribution in [0.3, 0.4) is 0 Å². The van der Waals surface area contributed by atoms with Crippen LogP contribution >= 0.6 is 0 Å². The SMILES string of the molecule is O=C(c1ccc(C2Oc3ccc(F)cc3CC23CCCCCCCCCCC3)c(F)c1F)N1CCN(C(=O)C2(O)CC2)CC1. The average molecular weight is 613 g/mol. The smallest absolute Gasteiger partial charge is 0.257 e. The lowest BCUT2D eigenvalue weighted by atomic mass is 9.66. The molecule has 3 fully saturated rings. The lowest BCUT2D eigenvalue weighted by molar-refractivity contribution is -0.143. The molecule has 0 aromatic heterocycles. The number of piperazine rings is 1. The minimum Gasteiger partial charge on any atom is -0.485 e. The summed E-state index contributed by atoms with van der Waals surface area (Å²) in [5.41, 5.74) is -1.31. The van der Waals surface area contributed by atoms with Gasteiger partial charge in [-0.1, -0.05) is 63.9 Å². The Labute approximate surface area is 257 Å². The number of aliphatic hydroxyl groups is 1. The average Bonchev–Trinajstić information content (AvgIpc) is 3.77. The number of rotatable bonds is 3. The second-order valence-corrected chi connectivity index (χ2v) is 13.4. The summed E-state index contributed by atoms with van der Waals surface area (Å²) in [7, 11) is 0. The number of hydrogen-bond acceptors (Lipinski definition) is 4. The molecule has 0 bridgehead atoms. The molecule has 2 aromatic rings. The van der Waals surface area contributed by atoms with Crippen LogP contribution in [0, 0.1) is 22.9 Å². The first kappa shape index (κ1) is 30.9. The van der Waals surface area contributed by atoms with E-state index in [0.717, 1.165) is 56.9 Å². The molecule has 1 saturated heterocycles. The van der Waals surface area contributed by atoms with Crippen molar-refractivity contribution in [3.05, 3.63) is 64.5 Å². The van der Waals surface area contributed by atoms with E-state index in [-0.39, 0.29) is 49.0 Å². The summed E-state index contributed by atoms with van der Waals surface area (Å²) in [5, 5.41) is 10.2. The molecule has 6 nitrogen and oxygen atoms in total. The summed E-state index contributed by atoms with van der Waals surface area (Å²) in [5.74, 6) is -3.10. The van der Waals surface area contributed by atoms with Crippen molar-refractivity contribution in [2.75, 3.05) is 26.2 Å². The van der Waals surface area contributed by atoms with Gasteiger partial charge in [0.25, 0.3) is 11.8 Å². The van der Waals surface area contributed by atoms with Crippen molar-refractivity contribution in [3.8, 4) is 5.75 Å². The first-order valence-electron chi connectivity index (χ1n) is 16.4. The van der Waals surface area contributed by atoms with Crippen molar-refractivity contribution in [1.29, 1.82) is 0 Å². The Bertz CT molecular complexity index is 1370. The van der Waals surface area contributed by atoms with E-state index < -0.39 is 34.7 Å². The molecule has 238 valence electrons. The lowest BCUT2D eigenvalue weighted by Crippen LogP contribution is -2.53. The second kappa shape index (κ2) is 12.7. The van der Waals surface area contributed by atoms with Crippen molar-refractivity contribution in [3.63, 3.8) is 0 Å². The van der Waals surface area contributed by atoms with Gasteiger partial charge >= 0.3 is 0 Å². The normalized spacial score (nSPS) is 23.6. The molecule has 2 heterocycles. The molecule has 2 saturated carbocycles. The highest BCUT2D eigenvalue weighted by molar-refractivity contribution is 5.95. The van der Waals surface area contributed by atoms with E-state index in [1.165, 1.54) is 53.3 Å². The predicted octanol–water partition coefficient (Wildman–Crippen LogP) is 6.88. The van der Waals surface area contributed by atoms with E-state index in [9.17, 15) is 19.1 Å². The zero-order valence-corrected chi connectivity index (χ0v) is 25.4. The molecule has 0 radical (unpaired) electrons. The van der Waals surface area contributed by atoms with Crippen LogP contribution in [-0.2, 0) is 11.2 Å². The van der Waals surface area contributed by atoms with Crippen LogP contribution in [0.2, 0.25) is 0 Å². The summed E-state index contributed by atoms with van der Waals surface area (Å²) < 4.78 is 52.8. The van der Waals surface area contributed by atoms with Gasteiger partial charge in [-0.05, 0) is 61.9 Å². The number of benzene rings is 2. The Balaban J connectivity index is 1.26. The topological polar surface area (TPSA) is 70.1 Å². The van der Waals surface area contributed by atoms with Gasteiger partial charge in [-0.3, -0.25) is 9.59 Å². The van der Waals surface area contributed by atoms with Crippen LogP contribution in [0.15, 0.2) is 30.3 Å². The number of hydrogen-bond donors (Lipinski definition) is 1. The Morgan fingerprint density at radius 2 is 1.34 bits per heavy atom. The molecule has 1 atom stereocenters. The lowest BCUT2D eigenvalue weighted by Gasteiger charge is -2.45. The van der Waals surface area contributed by atoms with Crippen LogP contribution in [0.5, 0.6) is 5.75 Å². The van der Waals surface area contributed by atoms with Gasteiger partial charge in [0.1, 0.15) is 23.3 Å². The number of halogens is 3. The first-order valence-corrected chi connectivity index (χ1v) is 16.4. The predicted molar refractivity (Wildman–Crippen MR) is 160 cm³/mol. The fourth-order valence-electron chi connectivity index (χ4n) is 7.52. The molecule has 2 aliphatic carbocycles. The molecule has 2 amide bonds. The number of nitrogens with zero attached hydrogens (tertiary/aromatic N) is 2. The molecular weight excluding hydrogens is 569 g/mol. The number of carbonyl (C=O) groups excluding carboxylic acids is 2. The van der Waals surface area contributed by atoms with Gasteiger partial charge in [0.05, 0.1) is 5.56 Å². The van der Waals surface area contributed by atoms with Crippen LogP contribution in [0.1, 0.15) is 111 Å². The highest BCUT2D eigenvalue weighted by atomic mass is 19.2. The Kier molecular flexibility index (Phi) is 8.95. The second-order valence-electron chi connectivity index (χ2n) is 13.4. The van der Waals surface area contributed by atoms with Crippen LogP contribution in [0.25, 0.3) is 0 Å². The molecule has 2 aliphatic heterocycles. The summed E-state index contributed by atoms with van der Waals surface area (Å²) in [4.78, 5) is 28.8. The van der Waals surface area contributed by atoms with Gasteiger partial charge in [-0.2, -0.15) is 0 Å². The molecule has 6 rings (SSSR count). The molecule has 2 aromatic carbocycles. The summed E-state index contributed by atoms with van der Waals surface area (Å²) in [6.07, 6.45) is 12.0. The number of ether oxygens (including phenoxy) is 1. The van der Waals surface area contributed by atoms with Gasteiger partial charge in [0.2, 0.25) is 0 Å². The fraction of sp³-hybridized carbons (Fsp3) is 0.600. The van der Waals surface area contributed by atoms with E-state index in [4.69, 9.17) is 4.74 Å². The zero-order valence-electron chi connectivity index (χ0n) is 25.4. The number of carbonyl (C=O) groups is 2. The van der Waals surface area contributed by atoms with Crippen molar-refractivity contribution < 1.29 is 32.6 Å². The Morgan fingerprint density at radius 1 is 0.750 bits per heavy atom. The molecule has 1 spiro atoms. The third kappa shape index (κ3) is 6.22. The van der Waals surface area contributed by atoms with Crippen molar-refractivity contribution in [1.82, 2.24) is 9.80 Å². The molecular formula is C35H43F3N2O4. The van der Waals surface area contributed by atoms with E-state index >= 15 is 8.78 Å². The minimum absolute atomic E-state index is 0.0919. The monoisotopic (exact) mass is 612 g/mol.